The molecule has 2 N–H and O–H groups in total. The fourth-order valence-electron chi connectivity index (χ4n) is 2.15. The maximum absolute atomic E-state index is 11.8. The maximum Gasteiger partial charge on any atom is 0.349 e. The molecule has 1 aromatic rings. The first-order chi connectivity index (χ1) is 9.49. The fraction of sp³-hybridized carbons (Fsp3) is 0.583. The van der Waals surface area contributed by atoms with Crippen LogP contribution in [0.5, 0.6) is 0 Å². The number of hydrogen-bond donors (Lipinski definition) is 2. The molecule has 0 saturated carbocycles. The summed E-state index contributed by atoms with van der Waals surface area (Å²) in [6, 6.07) is 1.51. The van der Waals surface area contributed by atoms with E-state index in [1.807, 2.05) is 0 Å². The highest BCUT2D eigenvalue weighted by Gasteiger charge is 2.30. The number of aliphatic hydroxyl groups is 1. The van der Waals surface area contributed by atoms with E-state index >= 15 is 0 Å². The van der Waals surface area contributed by atoms with Crippen LogP contribution in [0.15, 0.2) is 17.1 Å². The Bertz CT molecular complexity index is 545. The van der Waals surface area contributed by atoms with Gasteiger partial charge in [0.25, 0.3) is 0 Å². The van der Waals surface area contributed by atoms with Crippen LogP contribution >= 0.6 is 0 Å². The zero-order chi connectivity index (χ0) is 14.7. The highest BCUT2D eigenvalue weighted by atomic mass is 16.7. The second kappa shape index (κ2) is 6.12. The smallest absolute Gasteiger partial charge is 0.349 e. The Morgan fingerprint density at radius 2 is 2.40 bits per heavy atom. The van der Waals surface area contributed by atoms with E-state index in [0.29, 0.717) is 13.0 Å². The Morgan fingerprint density at radius 3 is 2.95 bits per heavy atom. The third-order valence-corrected chi connectivity index (χ3v) is 3.15. The number of likely N-dealkylation sites (N-methyl/N-ethyl adjacent to an activating group) is 1. The number of anilines is 1. The molecule has 110 valence electrons. The van der Waals surface area contributed by atoms with Gasteiger partial charge in [-0.05, 0) is 12.5 Å². The van der Waals surface area contributed by atoms with Crippen LogP contribution in [0.3, 0.4) is 0 Å². The van der Waals surface area contributed by atoms with Crippen molar-refractivity contribution in [2.45, 2.75) is 32.0 Å². The summed E-state index contributed by atoms with van der Waals surface area (Å²) in [7, 11) is 1.75. The van der Waals surface area contributed by atoms with Crippen LogP contribution in [-0.4, -0.2) is 51.4 Å². The number of rotatable bonds is 4. The van der Waals surface area contributed by atoms with Gasteiger partial charge in [0.05, 0.1) is 25.3 Å². The number of aliphatic hydroxyl groups excluding tert-OH is 1. The largest absolute Gasteiger partial charge is 0.395 e. The molecule has 2 rings (SSSR count). The highest BCUT2D eigenvalue weighted by Crippen LogP contribution is 2.19. The lowest BCUT2D eigenvalue weighted by atomic mass is 10.1. The summed E-state index contributed by atoms with van der Waals surface area (Å²) >= 11 is 0. The number of carbonyl (C=O) groups excluding carboxylic acids is 1. The number of nitrogens with zero attached hydrogens (tertiary/aromatic N) is 3. The van der Waals surface area contributed by atoms with Gasteiger partial charge in [-0.3, -0.25) is 14.2 Å². The first-order valence-electron chi connectivity index (χ1n) is 6.35. The number of amides is 1. The van der Waals surface area contributed by atoms with Crippen molar-refractivity contribution in [1.29, 1.82) is 0 Å². The van der Waals surface area contributed by atoms with Gasteiger partial charge in [-0.1, -0.05) is 0 Å². The quantitative estimate of drug-likeness (QED) is 0.750. The minimum absolute atomic E-state index is 0.0155. The summed E-state index contributed by atoms with van der Waals surface area (Å²) in [5, 5.41) is 13.2. The van der Waals surface area contributed by atoms with Crippen LogP contribution in [-0.2, 0) is 16.2 Å². The SMILES string of the molecule is CC(=O)Nc1ccn(C[C@@H]2C[C@@H](CO)N(C)O2)c(=O)n1. The van der Waals surface area contributed by atoms with E-state index in [4.69, 9.17) is 9.94 Å². The van der Waals surface area contributed by atoms with Gasteiger partial charge in [0.2, 0.25) is 5.91 Å². The van der Waals surface area contributed by atoms with Crippen molar-refractivity contribution in [2.75, 3.05) is 19.0 Å². The number of aromatic nitrogens is 2. The van der Waals surface area contributed by atoms with Crippen molar-refractivity contribution < 1.29 is 14.7 Å². The van der Waals surface area contributed by atoms with E-state index < -0.39 is 5.69 Å². The third kappa shape index (κ3) is 3.41. The van der Waals surface area contributed by atoms with Gasteiger partial charge >= 0.3 is 5.69 Å². The zero-order valence-corrected chi connectivity index (χ0v) is 11.4. The first-order valence-corrected chi connectivity index (χ1v) is 6.35. The van der Waals surface area contributed by atoms with E-state index in [-0.39, 0.29) is 30.5 Å². The van der Waals surface area contributed by atoms with Gasteiger partial charge in [-0.15, -0.1) is 0 Å². The Balaban J connectivity index is 2.04. The van der Waals surface area contributed by atoms with Gasteiger partial charge in [-0.25, -0.2) is 4.79 Å². The summed E-state index contributed by atoms with van der Waals surface area (Å²) in [6.07, 6.45) is 2.03. The minimum atomic E-state index is -0.449. The van der Waals surface area contributed by atoms with Crippen LogP contribution in [0, 0.1) is 0 Å². The Labute approximate surface area is 115 Å². The van der Waals surface area contributed by atoms with Gasteiger partial charge in [0, 0.05) is 20.2 Å². The predicted octanol–water partition coefficient (Wildman–Crippen LogP) is -0.802. The van der Waals surface area contributed by atoms with Crippen LogP contribution < -0.4 is 11.0 Å². The van der Waals surface area contributed by atoms with E-state index in [2.05, 4.69) is 10.3 Å². The molecule has 2 atom stereocenters. The Kier molecular flexibility index (Phi) is 4.48. The van der Waals surface area contributed by atoms with Crippen molar-refractivity contribution >= 4 is 11.7 Å². The molecule has 0 spiro atoms. The Hall–Kier alpha value is -1.77. The normalized spacial score (nSPS) is 22.9. The molecular weight excluding hydrogens is 264 g/mol. The second-order valence-corrected chi connectivity index (χ2v) is 4.77. The topological polar surface area (TPSA) is 96.7 Å². The highest BCUT2D eigenvalue weighted by molar-refractivity contribution is 5.87. The molecule has 1 saturated heterocycles. The van der Waals surface area contributed by atoms with Crippen LogP contribution in [0.2, 0.25) is 0 Å². The van der Waals surface area contributed by atoms with E-state index in [1.165, 1.54) is 11.5 Å². The number of hydrogen-bond acceptors (Lipinski definition) is 6. The summed E-state index contributed by atoms with van der Waals surface area (Å²) in [4.78, 5) is 32.0. The minimum Gasteiger partial charge on any atom is -0.395 e. The lowest BCUT2D eigenvalue weighted by Crippen LogP contribution is -2.29. The van der Waals surface area contributed by atoms with Gasteiger partial charge < -0.3 is 10.4 Å². The van der Waals surface area contributed by atoms with E-state index in [0.717, 1.165) is 0 Å². The number of nitrogens with one attached hydrogen (secondary N) is 1. The second-order valence-electron chi connectivity index (χ2n) is 4.77. The summed E-state index contributed by atoms with van der Waals surface area (Å²) in [5.74, 6) is -0.0439. The fourth-order valence-corrected chi connectivity index (χ4v) is 2.15. The molecule has 1 aliphatic rings. The third-order valence-electron chi connectivity index (χ3n) is 3.15. The molecular formula is C12H18N4O4. The van der Waals surface area contributed by atoms with Gasteiger partial charge in [0.15, 0.2) is 0 Å². The van der Waals surface area contributed by atoms with Crippen molar-refractivity contribution in [3.05, 3.63) is 22.7 Å². The molecule has 8 heteroatoms. The molecule has 20 heavy (non-hydrogen) atoms. The Morgan fingerprint density at radius 1 is 1.65 bits per heavy atom. The molecule has 8 nitrogen and oxygen atoms in total. The number of hydroxylamine groups is 2. The maximum atomic E-state index is 11.8. The van der Waals surface area contributed by atoms with Crippen molar-refractivity contribution in [3.8, 4) is 0 Å². The first kappa shape index (κ1) is 14.6. The summed E-state index contributed by atoms with van der Waals surface area (Å²) in [5.41, 5.74) is -0.449. The van der Waals surface area contributed by atoms with Crippen molar-refractivity contribution in [2.24, 2.45) is 0 Å². The number of carbonyl (C=O) groups is 1. The van der Waals surface area contributed by atoms with E-state index in [1.54, 1.807) is 24.4 Å². The molecule has 1 amide bonds. The molecule has 0 aromatic carbocycles. The van der Waals surface area contributed by atoms with Gasteiger partial charge in [0.1, 0.15) is 5.82 Å². The molecule has 0 aliphatic carbocycles. The average molecular weight is 282 g/mol. The molecule has 0 radical (unpaired) electrons. The summed E-state index contributed by atoms with van der Waals surface area (Å²) in [6.45, 7) is 1.72. The molecule has 0 unspecified atom stereocenters. The standard InChI is InChI=1S/C12H18N4O4/c1-8(18)13-11-3-4-16(12(19)14-11)6-10-5-9(7-17)15(2)20-10/h3-4,9-10,17H,5-7H2,1-2H3,(H,13,14,18,19)/t9-,10-/m0/s1. The van der Waals surface area contributed by atoms with Gasteiger partial charge in [-0.2, -0.15) is 10.0 Å². The summed E-state index contributed by atoms with van der Waals surface area (Å²) < 4.78 is 1.42. The lowest BCUT2D eigenvalue weighted by molar-refractivity contribution is -0.151. The van der Waals surface area contributed by atoms with Crippen LogP contribution in [0.1, 0.15) is 13.3 Å². The van der Waals surface area contributed by atoms with Crippen LogP contribution in [0.4, 0.5) is 5.82 Å². The van der Waals surface area contributed by atoms with Crippen molar-refractivity contribution in [1.82, 2.24) is 14.6 Å². The molecule has 1 fully saturated rings. The monoisotopic (exact) mass is 282 g/mol. The van der Waals surface area contributed by atoms with E-state index in [9.17, 15) is 9.59 Å². The molecule has 2 heterocycles. The average Bonchev–Trinajstić information content (AvgIpc) is 2.72. The predicted molar refractivity (Wildman–Crippen MR) is 70.9 cm³/mol. The lowest BCUT2D eigenvalue weighted by Gasteiger charge is -2.14. The molecule has 1 aliphatic heterocycles. The van der Waals surface area contributed by atoms with Crippen molar-refractivity contribution in [3.63, 3.8) is 0 Å². The van der Waals surface area contributed by atoms with Crippen LogP contribution in [0.25, 0.3) is 0 Å². The molecule has 1 aromatic heterocycles. The molecule has 0 bridgehead atoms. The zero-order valence-electron chi connectivity index (χ0n) is 11.4.